The Bertz CT molecular complexity index is 752. The Morgan fingerprint density at radius 1 is 1.17 bits per heavy atom. The largest absolute Gasteiger partial charge is 0.493 e. The molecule has 5 atom stereocenters. The maximum absolute atomic E-state index is 12.6. The number of ether oxygens (including phenoxy) is 3. The Hall–Kier alpha value is -1.83. The van der Waals surface area contributed by atoms with Crippen molar-refractivity contribution in [2.45, 2.75) is 64.3 Å². The molecular weight excluding hydrogens is 382 g/mol. The molecule has 7 heteroatoms. The van der Waals surface area contributed by atoms with E-state index in [0.717, 1.165) is 43.9 Å². The molecule has 2 aliphatic heterocycles. The Morgan fingerprint density at radius 3 is 2.43 bits per heavy atom. The number of piperidine rings is 1. The molecule has 0 saturated carbocycles. The second-order valence-corrected chi connectivity index (χ2v) is 9.15. The first kappa shape index (κ1) is 22.8. The Balaban J connectivity index is 1.88. The highest BCUT2D eigenvalue weighted by Gasteiger charge is 2.41. The number of carbonyl (C=O) groups is 1. The summed E-state index contributed by atoms with van der Waals surface area (Å²) >= 11 is 0. The molecule has 0 amide bonds. The van der Waals surface area contributed by atoms with Crippen LogP contribution in [0.3, 0.4) is 0 Å². The lowest BCUT2D eigenvalue weighted by molar-refractivity contribution is -0.159. The van der Waals surface area contributed by atoms with Crippen LogP contribution in [0.2, 0.25) is 0 Å². The number of methoxy groups -OCH3 is 2. The van der Waals surface area contributed by atoms with E-state index in [1.54, 1.807) is 21.1 Å². The van der Waals surface area contributed by atoms with Crippen LogP contribution >= 0.6 is 0 Å². The van der Waals surface area contributed by atoms with E-state index < -0.39 is 18.1 Å². The van der Waals surface area contributed by atoms with E-state index >= 15 is 0 Å². The van der Waals surface area contributed by atoms with Crippen molar-refractivity contribution in [2.75, 3.05) is 27.3 Å². The molecule has 1 unspecified atom stereocenters. The van der Waals surface area contributed by atoms with Gasteiger partial charge in [0.05, 0.1) is 14.2 Å². The van der Waals surface area contributed by atoms with Crippen molar-refractivity contribution in [2.24, 2.45) is 23.3 Å². The van der Waals surface area contributed by atoms with E-state index in [1.165, 1.54) is 11.1 Å². The number of hydrogen-bond donors (Lipinski definition) is 2. The summed E-state index contributed by atoms with van der Waals surface area (Å²) in [6.45, 7) is 8.05. The quantitative estimate of drug-likeness (QED) is 0.654. The predicted molar refractivity (Wildman–Crippen MR) is 117 cm³/mol. The lowest BCUT2D eigenvalue weighted by atomic mass is 9.79. The fraction of sp³-hybridized carbons (Fsp3) is 0.696. The summed E-state index contributed by atoms with van der Waals surface area (Å²) < 4.78 is 17.0. The molecule has 2 aliphatic rings. The zero-order valence-corrected chi connectivity index (χ0v) is 18.9. The predicted octanol–water partition coefficient (Wildman–Crippen LogP) is 2.26. The van der Waals surface area contributed by atoms with E-state index in [-0.39, 0.29) is 18.1 Å². The minimum Gasteiger partial charge on any atom is -0.493 e. The van der Waals surface area contributed by atoms with Crippen molar-refractivity contribution in [1.82, 2.24) is 4.90 Å². The summed E-state index contributed by atoms with van der Waals surface area (Å²) in [6.07, 6.45) is 2.55. The molecule has 0 bridgehead atoms. The number of benzene rings is 1. The second-order valence-electron chi connectivity index (χ2n) is 9.15. The van der Waals surface area contributed by atoms with Gasteiger partial charge >= 0.3 is 5.97 Å². The number of carbonyl (C=O) groups excluding carboxylic acids is 1. The third kappa shape index (κ3) is 4.74. The SMILES string of the molecule is COc1cc2c(cc1OC)[C@H]1C[C@@H](OC(=O)[C@@H](N)C(C)N)[C@H](CC(C)C)CN1CC2. The third-order valence-corrected chi connectivity index (χ3v) is 6.44. The van der Waals surface area contributed by atoms with Gasteiger partial charge in [-0.05, 0) is 48.9 Å². The highest BCUT2D eigenvalue weighted by Crippen LogP contribution is 2.44. The first-order chi connectivity index (χ1) is 14.2. The summed E-state index contributed by atoms with van der Waals surface area (Å²) in [5, 5.41) is 0. The minimum absolute atomic E-state index is 0.176. The fourth-order valence-electron chi connectivity index (χ4n) is 4.82. The molecule has 1 aromatic carbocycles. The summed E-state index contributed by atoms with van der Waals surface area (Å²) in [4.78, 5) is 15.1. The molecule has 1 saturated heterocycles. The standard InChI is InChI=1S/C23H37N3O4/c1-13(2)8-16-12-26-7-6-15-9-20(28-4)21(29-5)10-17(15)18(26)11-19(16)30-23(27)22(25)14(3)24/h9-10,13-14,16,18-19,22H,6-8,11-12,24-25H2,1-5H3/t14?,16-,18-,19-,22+/m1/s1. The molecule has 3 rings (SSSR count). The van der Waals surface area contributed by atoms with Gasteiger partial charge in [-0.3, -0.25) is 9.69 Å². The van der Waals surface area contributed by atoms with Crippen molar-refractivity contribution in [3.8, 4) is 11.5 Å². The highest BCUT2D eigenvalue weighted by molar-refractivity contribution is 5.76. The smallest absolute Gasteiger partial charge is 0.324 e. The maximum atomic E-state index is 12.6. The average molecular weight is 420 g/mol. The molecule has 0 aromatic heterocycles. The van der Waals surface area contributed by atoms with Crippen LogP contribution < -0.4 is 20.9 Å². The van der Waals surface area contributed by atoms with Crippen LogP contribution in [0, 0.1) is 11.8 Å². The molecule has 30 heavy (non-hydrogen) atoms. The monoisotopic (exact) mass is 419 g/mol. The van der Waals surface area contributed by atoms with Gasteiger partial charge in [0.25, 0.3) is 0 Å². The first-order valence-electron chi connectivity index (χ1n) is 11.0. The lowest BCUT2D eigenvalue weighted by Gasteiger charge is -2.47. The first-order valence-corrected chi connectivity index (χ1v) is 11.0. The van der Waals surface area contributed by atoms with Crippen LogP contribution in [-0.2, 0) is 16.0 Å². The van der Waals surface area contributed by atoms with Crippen LogP contribution in [0.25, 0.3) is 0 Å². The zero-order chi connectivity index (χ0) is 22.0. The normalized spacial score (nSPS) is 25.8. The molecule has 4 N–H and O–H groups in total. The molecule has 0 aliphatic carbocycles. The van der Waals surface area contributed by atoms with Crippen LogP contribution in [0.15, 0.2) is 12.1 Å². The minimum atomic E-state index is -0.800. The van der Waals surface area contributed by atoms with Crippen molar-refractivity contribution in [3.63, 3.8) is 0 Å². The molecule has 168 valence electrons. The van der Waals surface area contributed by atoms with E-state index in [1.807, 2.05) is 0 Å². The Morgan fingerprint density at radius 2 is 1.83 bits per heavy atom. The average Bonchev–Trinajstić information content (AvgIpc) is 2.71. The Kier molecular flexibility index (Phi) is 7.26. The number of esters is 1. The van der Waals surface area contributed by atoms with Crippen LogP contribution in [-0.4, -0.2) is 56.4 Å². The van der Waals surface area contributed by atoms with Crippen LogP contribution in [0.1, 0.15) is 50.8 Å². The molecule has 2 heterocycles. The molecule has 0 spiro atoms. The maximum Gasteiger partial charge on any atom is 0.324 e. The molecule has 0 radical (unpaired) electrons. The van der Waals surface area contributed by atoms with Gasteiger partial charge in [-0.2, -0.15) is 0 Å². The molecule has 1 fully saturated rings. The number of fused-ring (bicyclic) bond motifs is 3. The zero-order valence-electron chi connectivity index (χ0n) is 18.9. The fourth-order valence-corrected chi connectivity index (χ4v) is 4.82. The van der Waals surface area contributed by atoms with E-state index in [9.17, 15) is 4.79 Å². The van der Waals surface area contributed by atoms with Crippen molar-refractivity contribution in [3.05, 3.63) is 23.3 Å². The third-order valence-electron chi connectivity index (χ3n) is 6.44. The second kappa shape index (κ2) is 9.54. The molecular formula is C23H37N3O4. The van der Waals surface area contributed by atoms with E-state index in [4.69, 9.17) is 25.7 Å². The number of nitrogens with zero attached hydrogens (tertiary/aromatic N) is 1. The van der Waals surface area contributed by atoms with Gasteiger partial charge in [-0.1, -0.05) is 13.8 Å². The number of hydrogen-bond acceptors (Lipinski definition) is 7. The van der Waals surface area contributed by atoms with E-state index in [0.29, 0.717) is 5.92 Å². The summed E-state index contributed by atoms with van der Waals surface area (Å²) in [7, 11) is 3.32. The van der Waals surface area contributed by atoms with Crippen LogP contribution in [0.5, 0.6) is 11.5 Å². The van der Waals surface area contributed by atoms with Gasteiger partial charge < -0.3 is 25.7 Å². The lowest BCUT2D eigenvalue weighted by Crippen LogP contribution is -2.52. The van der Waals surface area contributed by atoms with Gasteiger partial charge in [-0.25, -0.2) is 0 Å². The topological polar surface area (TPSA) is 100 Å². The molecule has 7 nitrogen and oxygen atoms in total. The van der Waals surface area contributed by atoms with Crippen molar-refractivity contribution in [1.29, 1.82) is 0 Å². The van der Waals surface area contributed by atoms with Gasteiger partial charge in [0, 0.05) is 37.5 Å². The van der Waals surface area contributed by atoms with Gasteiger partial charge in [-0.15, -0.1) is 0 Å². The van der Waals surface area contributed by atoms with Gasteiger partial charge in [0.15, 0.2) is 11.5 Å². The van der Waals surface area contributed by atoms with Gasteiger partial charge in [0.1, 0.15) is 12.1 Å². The summed E-state index contributed by atoms with van der Waals surface area (Å²) in [5.74, 6) is 1.89. The number of nitrogens with two attached hydrogens (primary N) is 2. The summed E-state index contributed by atoms with van der Waals surface area (Å²) in [6, 6.07) is 3.11. The van der Waals surface area contributed by atoms with Gasteiger partial charge in [0.2, 0.25) is 0 Å². The molecule has 1 aromatic rings. The summed E-state index contributed by atoms with van der Waals surface area (Å²) in [5.41, 5.74) is 14.3. The van der Waals surface area contributed by atoms with Crippen molar-refractivity contribution < 1.29 is 19.0 Å². The van der Waals surface area contributed by atoms with E-state index in [2.05, 4.69) is 30.9 Å². The highest BCUT2D eigenvalue weighted by atomic mass is 16.5. The Labute approximate surface area is 180 Å². The number of rotatable bonds is 7. The van der Waals surface area contributed by atoms with Crippen LogP contribution in [0.4, 0.5) is 0 Å². The van der Waals surface area contributed by atoms with Crippen molar-refractivity contribution >= 4 is 5.97 Å².